The largest absolute Gasteiger partial charge is 0.325 e. The van der Waals surface area contributed by atoms with Crippen LogP contribution in [0.2, 0.25) is 0 Å². The zero-order valence-corrected chi connectivity index (χ0v) is 16.6. The van der Waals surface area contributed by atoms with Gasteiger partial charge < -0.3 is 5.32 Å². The minimum atomic E-state index is -3.73. The minimum absolute atomic E-state index is 0.0470. The number of hydrogen-bond acceptors (Lipinski definition) is 4. The van der Waals surface area contributed by atoms with E-state index in [1.165, 1.54) is 28.1 Å². The van der Waals surface area contributed by atoms with E-state index < -0.39 is 15.8 Å². The molecule has 6 nitrogen and oxygen atoms in total. The molecule has 2 aromatic carbocycles. The average Bonchev–Trinajstić information content (AvgIpc) is 2.69. The summed E-state index contributed by atoms with van der Waals surface area (Å²) in [4.78, 5) is 14.1. The molecule has 0 aliphatic carbocycles. The zero-order chi connectivity index (χ0) is 20.1. The molecule has 0 saturated carbocycles. The number of anilines is 1. The van der Waals surface area contributed by atoms with Crippen LogP contribution in [0.4, 0.5) is 10.1 Å². The molecule has 1 fully saturated rings. The van der Waals surface area contributed by atoms with Gasteiger partial charge in [0.05, 0.1) is 11.4 Å². The van der Waals surface area contributed by atoms with Crippen LogP contribution in [0.3, 0.4) is 0 Å². The van der Waals surface area contributed by atoms with Gasteiger partial charge in [-0.1, -0.05) is 25.1 Å². The lowest BCUT2D eigenvalue weighted by Gasteiger charge is -2.33. The normalized spacial score (nSPS) is 16.1. The van der Waals surface area contributed by atoms with Crippen molar-refractivity contribution in [1.82, 2.24) is 9.21 Å². The molecule has 8 heteroatoms. The molecule has 1 saturated heterocycles. The lowest BCUT2D eigenvalue weighted by atomic mass is 10.1. The Bertz CT molecular complexity index is 924. The first-order valence-electron chi connectivity index (χ1n) is 9.25. The smallest absolute Gasteiger partial charge is 0.243 e. The maximum absolute atomic E-state index is 13.4. The molecule has 1 heterocycles. The Kier molecular flexibility index (Phi) is 6.43. The van der Waals surface area contributed by atoms with E-state index in [1.807, 2.05) is 29.2 Å². The van der Waals surface area contributed by atoms with Gasteiger partial charge in [-0.3, -0.25) is 9.69 Å². The molecule has 0 unspecified atom stereocenters. The molecular weight excluding hydrogens is 381 g/mol. The van der Waals surface area contributed by atoms with Crippen LogP contribution in [0.5, 0.6) is 0 Å². The van der Waals surface area contributed by atoms with Gasteiger partial charge in [0.2, 0.25) is 15.9 Å². The third kappa shape index (κ3) is 4.95. The van der Waals surface area contributed by atoms with Gasteiger partial charge in [0.25, 0.3) is 0 Å². The second-order valence-corrected chi connectivity index (χ2v) is 8.67. The van der Waals surface area contributed by atoms with Crippen LogP contribution in [0.25, 0.3) is 0 Å². The molecule has 1 amide bonds. The molecular formula is C20H24FN3O3S. The highest BCUT2D eigenvalue weighted by Gasteiger charge is 2.29. The topological polar surface area (TPSA) is 69.7 Å². The summed E-state index contributed by atoms with van der Waals surface area (Å²) in [6.45, 7) is 3.67. The summed E-state index contributed by atoms with van der Waals surface area (Å²) >= 11 is 0. The Morgan fingerprint density at radius 1 is 1.07 bits per heavy atom. The number of rotatable bonds is 6. The number of aryl methyl sites for hydroxylation is 1. The molecule has 0 atom stereocenters. The van der Waals surface area contributed by atoms with Crippen LogP contribution in [-0.4, -0.2) is 56.3 Å². The molecule has 0 bridgehead atoms. The number of amides is 1. The number of carbonyl (C=O) groups excluding carboxylic acids is 1. The summed E-state index contributed by atoms with van der Waals surface area (Å²) in [5.41, 5.74) is 1.95. The molecule has 0 radical (unpaired) electrons. The van der Waals surface area contributed by atoms with Gasteiger partial charge in [-0.05, 0) is 42.3 Å². The zero-order valence-electron chi connectivity index (χ0n) is 15.8. The number of piperazine rings is 1. The van der Waals surface area contributed by atoms with Crippen molar-refractivity contribution < 1.29 is 17.6 Å². The van der Waals surface area contributed by atoms with Crippen molar-refractivity contribution in [2.45, 2.75) is 18.2 Å². The van der Waals surface area contributed by atoms with Crippen molar-refractivity contribution in [2.75, 3.05) is 38.0 Å². The molecule has 150 valence electrons. The highest BCUT2D eigenvalue weighted by Crippen LogP contribution is 2.18. The van der Waals surface area contributed by atoms with Crippen molar-refractivity contribution in [3.8, 4) is 0 Å². The molecule has 1 aliphatic heterocycles. The second kappa shape index (κ2) is 8.81. The van der Waals surface area contributed by atoms with E-state index in [-0.39, 0.29) is 30.4 Å². The summed E-state index contributed by atoms with van der Waals surface area (Å²) in [5.74, 6) is -0.714. The van der Waals surface area contributed by atoms with Crippen molar-refractivity contribution in [3.05, 3.63) is 59.9 Å². The summed E-state index contributed by atoms with van der Waals surface area (Å²) in [6, 6.07) is 12.7. The van der Waals surface area contributed by atoms with E-state index in [2.05, 4.69) is 12.2 Å². The highest BCUT2D eigenvalue weighted by molar-refractivity contribution is 7.89. The maximum atomic E-state index is 13.4. The Labute approximate surface area is 165 Å². The lowest BCUT2D eigenvalue weighted by molar-refractivity contribution is -0.117. The second-order valence-electron chi connectivity index (χ2n) is 6.74. The summed E-state index contributed by atoms with van der Waals surface area (Å²) in [5, 5.41) is 2.86. The van der Waals surface area contributed by atoms with E-state index >= 15 is 0 Å². The quantitative estimate of drug-likeness (QED) is 0.801. The molecule has 3 rings (SSSR count). The molecule has 0 aromatic heterocycles. The van der Waals surface area contributed by atoms with E-state index in [4.69, 9.17) is 0 Å². The molecule has 28 heavy (non-hydrogen) atoms. The molecule has 1 N–H and O–H groups in total. The van der Waals surface area contributed by atoms with Gasteiger partial charge in [0, 0.05) is 31.9 Å². The van der Waals surface area contributed by atoms with Crippen LogP contribution in [0.1, 0.15) is 12.5 Å². The van der Waals surface area contributed by atoms with Crippen LogP contribution in [0.15, 0.2) is 53.4 Å². The first kappa shape index (κ1) is 20.4. The van der Waals surface area contributed by atoms with Crippen molar-refractivity contribution in [1.29, 1.82) is 0 Å². The van der Waals surface area contributed by atoms with Crippen LogP contribution in [-0.2, 0) is 21.2 Å². The fourth-order valence-corrected chi connectivity index (χ4v) is 4.59. The minimum Gasteiger partial charge on any atom is -0.325 e. The molecule has 1 aliphatic rings. The van der Waals surface area contributed by atoms with E-state index in [0.717, 1.165) is 18.2 Å². The summed E-state index contributed by atoms with van der Waals surface area (Å²) in [7, 11) is -3.73. The Hall–Kier alpha value is -2.29. The first-order valence-corrected chi connectivity index (χ1v) is 10.7. The average molecular weight is 405 g/mol. The summed E-state index contributed by atoms with van der Waals surface area (Å²) in [6.07, 6.45) is 0.942. The SMILES string of the molecule is CCc1ccc(NC(=O)CN2CCN(S(=O)(=O)c3cccc(F)c3)CC2)cc1. The summed E-state index contributed by atoms with van der Waals surface area (Å²) < 4.78 is 39.9. The number of nitrogens with zero attached hydrogens (tertiary/aromatic N) is 2. The number of hydrogen-bond donors (Lipinski definition) is 1. The van der Waals surface area contributed by atoms with Gasteiger partial charge in [-0.25, -0.2) is 12.8 Å². The van der Waals surface area contributed by atoms with E-state index in [9.17, 15) is 17.6 Å². The number of nitrogens with one attached hydrogen (secondary N) is 1. The number of sulfonamides is 1. The van der Waals surface area contributed by atoms with E-state index in [1.54, 1.807) is 0 Å². The number of carbonyl (C=O) groups is 1. The number of benzene rings is 2. The predicted octanol–water partition coefficient (Wildman–Crippen LogP) is 2.33. The maximum Gasteiger partial charge on any atom is 0.243 e. The van der Waals surface area contributed by atoms with Crippen molar-refractivity contribution in [3.63, 3.8) is 0 Å². The Balaban J connectivity index is 1.52. The lowest BCUT2D eigenvalue weighted by Crippen LogP contribution is -2.50. The Morgan fingerprint density at radius 2 is 1.75 bits per heavy atom. The third-order valence-corrected chi connectivity index (χ3v) is 6.67. The highest BCUT2D eigenvalue weighted by atomic mass is 32.2. The van der Waals surface area contributed by atoms with Crippen LogP contribution >= 0.6 is 0 Å². The fraction of sp³-hybridized carbons (Fsp3) is 0.350. The van der Waals surface area contributed by atoms with Crippen LogP contribution in [0, 0.1) is 5.82 Å². The van der Waals surface area contributed by atoms with Gasteiger partial charge in [-0.15, -0.1) is 0 Å². The number of halogens is 1. The van der Waals surface area contributed by atoms with Gasteiger partial charge >= 0.3 is 0 Å². The molecule has 2 aromatic rings. The third-order valence-electron chi connectivity index (χ3n) is 4.78. The van der Waals surface area contributed by atoms with Crippen molar-refractivity contribution >= 4 is 21.6 Å². The Morgan fingerprint density at radius 3 is 2.36 bits per heavy atom. The predicted molar refractivity (Wildman–Crippen MR) is 106 cm³/mol. The first-order chi connectivity index (χ1) is 13.4. The van der Waals surface area contributed by atoms with Crippen molar-refractivity contribution in [2.24, 2.45) is 0 Å². The van der Waals surface area contributed by atoms with Gasteiger partial charge in [0.1, 0.15) is 5.82 Å². The van der Waals surface area contributed by atoms with Crippen LogP contribution < -0.4 is 5.32 Å². The fourth-order valence-electron chi connectivity index (χ4n) is 3.13. The standard InChI is InChI=1S/C20H24FN3O3S/c1-2-16-6-8-18(9-7-16)22-20(25)15-23-10-12-24(13-11-23)28(26,27)19-5-3-4-17(21)14-19/h3-9,14H,2,10-13,15H2,1H3,(H,22,25). The van der Waals surface area contributed by atoms with Gasteiger partial charge in [0.15, 0.2) is 0 Å². The molecule has 0 spiro atoms. The van der Waals surface area contributed by atoms with E-state index in [0.29, 0.717) is 13.1 Å². The monoisotopic (exact) mass is 405 g/mol. The van der Waals surface area contributed by atoms with Gasteiger partial charge in [-0.2, -0.15) is 4.31 Å².